The quantitative estimate of drug-likeness (QED) is 0.338. The largest absolute Gasteiger partial charge is 0.193 e. The molecule has 0 aliphatic carbocycles. The SMILES string of the molecule is C=CC#N.[Cu]. The summed E-state index contributed by atoms with van der Waals surface area (Å²) in [6.45, 7) is 3.12. The molecule has 0 fully saturated rings. The fourth-order valence-corrected chi connectivity index (χ4v) is 0. The van der Waals surface area contributed by atoms with E-state index in [1.54, 1.807) is 6.07 Å². The average molecular weight is 117 g/mol. The third-order valence-corrected chi connectivity index (χ3v) is 0.0913. The molecule has 0 N–H and O–H groups in total. The number of allylic oxidation sites excluding steroid dienone is 1. The molecule has 31 valence electrons. The van der Waals surface area contributed by atoms with Crippen molar-refractivity contribution in [3.05, 3.63) is 12.7 Å². The van der Waals surface area contributed by atoms with Crippen LogP contribution in [0.5, 0.6) is 0 Å². The van der Waals surface area contributed by atoms with Crippen molar-refractivity contribution in [3.8, 4) is 6.07 Å². The predicted molar refractivity (Wildman–Crippen MR) is 15.8 cm³/mol. The van der Waals surface area contributed by atoms with Gasteiger partial charge in [-0.15, -0.1) is 0 Å². The van der Waals surface area contributed by atoms with E-state index in [-0.39, 0.29) is 17.1 Å². The van der Waals surface area contributed by atoms with E-state index in [4.69, 9.17) is 5.26 Å². The summed E-state index contributed by atoms with van der Waals surface area (Å²) >= 11 is 0. The van der Waals surface area contributed by atoms with Crippen molar-refractivity contribution in [1.82, 2.24) is 0 Å². The molecule has 0 amide bonds. The second kappa shape index (κ2) is 9.26. The Morgan fingerprint density at radius 3 is 2.00 bits per heavy atom. The van der Waals surface area contributed by atoms with Crippen LogP contribution in [0.1, 0.15) is 0 Å². The maximum Gasteiger partial charge on any atom is 0.0905 e. The molecule has 0 aliphatic heterocycles. The molecule has 0 aromatic heterocycles. The van der Waals surface area contributed by atoms with E-state index in [9.17, 15) is 0 Å². The van der Waals surface area contributed by atoms with Crippen LogP contribution in [0.25, 0.3) is 0 Å². The molecule has 0 rings (SSSR count). The van der Waals surface area contributed by atoms with Gasteiger partial charge in [0.2, 0.25) is 0 Å². The molecule has 0 aromatic carbocycles. The molecule has 0 aromatic rings. The van der Waals surface area contributed by atoms with Gasteiger partial charge in [-0.05, 0) is 0 Å². The molecule has 0 spiro atoms. The van der Waals surface area contributed by atoms with Gasteiger partial charge in [-0.25, -0.2) is 0 Å². The maximum atomic E-state index is 7.51. The van der Waals surface area contributed by atoms with Crippen LogP contribution in [0.2, 0.25) is 0 Å². The summed E-state index contributed by atoms with van der Waals surface area (Å²) in [5.74, 6) is 0. The maximum absolute atomic E-state index is 7.51. The zero-order chi connectivity index (χ0) is 3.41. The van der Waals surface area contributed by atoms with Gasteiger partial charge in [-0.2, -0.15) is 5.26 Å². The summed E-state index contributed by atoms with van der Waals surface area (Å²) in [6.07, 6.45) is 1.18. The van der Waals surface area contributed by atoms with Crippen LogP contribution in [0.3, 0.4) is 0 Å². The molecule has 0 saturated heterocycles. The minimum Gasteiger partial charge on any atom is -0.193 e. The third-order valence-electron chi connectivity index (χ3n) is 0.0913. The first-order chi connectivity index (χ1) is 1.91. The zero-order valence-corrected chi connectivity index (χ0v) is 3.47. The molecular formula is C3H3CuN. The van der Waals surface area contributed by atoms with E-state index in [1.807, 2.05) is 0 Å². The van der Waals surface area contributed by atoms with E-state index in [1.165, 1.54) is 6.08 Å². The smallest absolute Gasteiger partial charge is 0.0905 e. The Morgan fingerprint density at radius 2 is 2.00 bits per heavy atom. The normalized spacial score (nSPS) is 3.00. The van der Waals surface area contributed by atoms with Crippen molar-refractivity contribution in [1.29, 1.82) is 5.26 Å². The number of hydrogen-bond donors (Lipinski definition) is 0. The third kappa shape index (κ3) is 20.4. The monoisotopic (exact) mass is 116 g/mol. The second-order valence-corrected chi connectivity index (χ2v) is 0.333. The van der Waals surface area contributed by atoms with Gasteiger partial charge in [0.1, 0.15) is 0 Å². The fraction of sp³-hybridized carbons (Fsp3) is 0. The van der Waals surface area contributed by atoms with Crippen molar-refractivity contribution in [2.45, 2.75) is 0 Å². The first-order valence-corrected chi connectivity index (χ1v) is 0.921. The Hall–Kier alpha value is -0.251. The minimum atomic E-state index is 0. The Morgan fingerprint density at radius 1 is 1.80 bits per heavy atom. The first-order valence-electron chi connectivity index (χ1n) is 0.921. The van der Waals surface area contributed by atoms with Gasteiger partial charge in [-0.1, -0.05) is 6.58 Å². The first kappa shape index (κ1) is 8.83. The Balaban J connectivity index is 0. The molecule has 5 heavy (non-hydrogen) atoms. The van der Waals surface area contributed by atoms with Gasteiger partial charge in [-0.3, -0.25) is 0 Å². The Bertz CT molecular complexity index is 52.4. The average Bonchev–Trinajstić information content (AvgIpc) is 1.37. The molecule has 0 saturated carbocycles. The summed E-state index contributed by atoms with van der Waals surface area (Å²) in [5.41, 5.74) is 0. The predicted octanol–water partition coefficient (Wildman–Crippen LogP) is 0.693. The van der Waals surface area contributed by atoms with Gasteiger partial charge >= 0.3 is 0 Å². The van der Waals surface area contributed by atoms with E-state index in [0.717, 1.165) is 0 Å². The molecule has 0 bridgehead atoms. The zero-order valence-electron chi connectivity index (χ0n) is 2.53. The van der Waals surface area contributed by atoms with E-state index >= 15 is 0 Å². The van der Waals surface area contributed by atoms with Crippen LogP contribution in [0.15, 0.2) is 12.7 Å². The van der Waals surface area contributed by atoms with Crippen molar-refractivity contribution in [2.24, 2.45) is 0 Å². The summed E-state index contributed by atoms with van der Waals surface area (Å²) in [4.78, 5) is 0. The molecule has 2 heteroatoms. The number of nitrogens with zero attached hydrogens (tertiary/aromatic N) is 1. The number of rotatable bonds is 0. The summed E-state index contributed by atoms with van der Waals surface area (Å²) in [7, 11) is 0. The minimum absolute atomic E-state index is 0. The van der Waals surface area contributed by atoms with Crippen molar-refractivity contribution in [2.75, 3.05) is 0 Å². The summed E-state index contributed by atoms with van der Waals surface area (Å²) in [6, 6.07) is 1.69. The van der Waals surface area contributed by atoms with Crippen molar-refractivity contribution < 1.29 is 17.1 Å². The topological polar surface area (TPSA) is 23.8 Å². The van der Waals surface area contributed by atoms with Crippen LogP contribution >= 0.6 is 0 Å². The Kier molecular flexibility index (Phi) is 16.4. The van der Waals surface area contributed by atoms with E-state index in [2.05, 4.69) is 6.58 Å². The van der Waals surface area contributed by atoms with Crippen LogP contribution < -0.4 is 0 Å². The van der Waals surface area contributed by atoms with Gasteiger partial charge in [0.05, 0.1) is 6.07 Å². The molecule has 0 atom stereocenters. The van der Waals surface area contributed by atoms with Gasteiger partial charge in [0, 0.05) is 23.1 Å². The van der Waals surface area contributed by atoms with Crippen LogP contribution in [-0.2, 0) is 17.1 Å². The standard InChI is InChI=1S/C3H3N.Cu/c1-2-3-4;/h2H,1H2;. The molecule has 0 aliphatic rings. The van der Waals surface area contributed by atoms with Gasteiger partial charge < -0.3 is 0 Å². The molecule has 1 nitrogen and oxygen atoms in total. The van der Waals surface area contributed by atoms with E-state index in [0.29, 0.717) is 0 Å². The van der Waals surface area contributed by atoms with E-state index < -0.39 is 0 Å². The second-order valence-electron chi connectivity index (χ2n) is 0.333. The molecular weight excluding hydrogens is 114 g/mol. The summed E-state index contributed by atoms with van der Waals surface area (Å²) < 4.78 is 0. The van der Waals surface area contributed by atoms with Crippen molar-refractivity contribution in [3.63, 3.8) is 0 Å². The number of nitriles is 1. The Labute approximate surface area is 41.8 Å². The number of hydrogen-bond acceptors (Lipinski definition) is 1. The molecule has 0 heterocycles. The van der Waals surface area contributed by atoms with Gasteiger partial charge in [0.25, 0.3) is 0 Å². The fourth-order valence-electron chi connectivity index (χ4n) is 0. The van der Waals surface area contributed by atoms with Crippen molar-refractivity contribution >= 4 is 0 Å². The van der Waals surface area contributed by atoms with Gasteiger partial charge in [0.15, 0.2) is 0 Å². The van der Waals surface area contributed by atoms with Crippen LogP contribution in [0.4, 0.5) is 0 Å². The molecule has 1 radical (unpaired) electrons. The molecule has 0 unspecified atom stereocenters. The van der Waals surface area contributed by atoms with Crippen LogP contribution in [-0.4, -0.2) is 0 Å². The summed E-state index contributed by atoms with van der Waals surface area (Å²) in [5, 5.41) is 7.51. The van der Waals surface area contributed by atoms with Crippen LogP contribution in [0, 0.1) is 11.3 Å².